The van der Waals surface area contributed by atoms with Gasteiger partial charge in [-0.3, -0.25) is 4.79 Å². The van der Waals surface area contributed by atoms with E-state index in [1.165, 1.54) is 0 Å². The van der Waals surface area contributed by atoms with Crippen LogP contribution in [0.3, 0.4) is 0 Å². The molecule has 0 atom stereocenters. The van der Waals surface area contributed by atoms with Crippen molar-refractivity contribution >= 4 is 5.97 Å². The summed E-state index contributed by atoms with van der Waals surface area (Å²) < 4.78 is 5.46. The van der Waals surface area contributed by atoms with Crippen LogP contribution in [0.4, 0.5) is 0 Å². The molecule has 0 saturated heterocycles. The molecule has 2 aromatic carbocycles. The molecule has 0 unspecified atom stereocenters. The Bertz CT molecular complexity index is 680. The van der Waals surface area contributed by atoms with Crippen molar-refractivity contribution in [1.82, 2.24) is 0 Å². The van der Waals surface area contributed by atoms with Gasteiger partial charge in [0.05, 0.1) is 6.42 Å². The molecule has 3 heteroatoms. The van der Waals surface area contributed by atoms with Crippen LogP contribution in [0.15, 0.2) is 48.5 Å². The largest absolute Gasteiger partial charge is 0.460 e. The molecular weight excluding hydrogens is 300 g/mol. The Morgan fingerprint density at radius 1 is 0.917 bits per heavy atom. The van der Waals surface area contributed by atoms with Crippen molar-refractivity contribution in [1.29, 1.82) is 0 Å². The summed E-state index contributed by atoms with van der Waals surface area (Å²) in [6.45, 7) is 9.35. The second-order valence-corrected chi connectivity index (χ2v) is 7.25. The van der Waals surface area contributed by atoms with Crippen LogP contribution in [0, 0.1) is 13.8 Å². The van der Waals surface area contributed by atoms with Gasteiger partial charge >= 0.3 is 5.97 Å². The molecule has 3 nitrogen and oxygen atoms in total. The number of hydrogen-bond acceptors (Lipinski definition) is 3. The molecule has 128 valence electrons. The molecule has 0 heterocycles. The summed E-state index contributed by atoms with van der Waals surface area (Å²) in [5, 5.41) is 11.6. The Kier molecular flexibility index (Phi) is 5.14. The van der Waals surface area contributed by atoms with E-state index in [0.717, 1.165) is 22.3 Å². The number of carbonyl (C=O) groups is 1. The smallest absolute Gasteiger partial charge is 0.309 e. The summed E-state index contributed by atoms with van der Waals surface area (Å²) in [6.07, 6.45) is -0.125. The SMILES string of the molecule is Cc1ccccc1C(O)(CC(=O)OC(C)(C)C)c1ccccc1C. The maximum Gasteiger partial charge on any atom is 0.309 e. The fourth-order valence-corrected chi connectivity index (χ4v) is 3.00. The van der Waals surface area contributed by atoms with Gasteiger partial charge in [-0.05, 0) is 56.9 Å². The quantitative estimate of drug-likeness (QED) is 0.854. The first-order valence-electron chi connectivity index (χ1n) is 8.20. The average Bonchev–Trinajstić information content (AvgIpc) is 2.45. The summed E-state index contributed by atoms with van der Waals surface area (Å²) in [5.41, 5.74) is 1.32. The van der Waals surface area contributed by atoms with Crippen molar-refractivity contribution in [3.8, 4) is 0 Å². The van der Waals surface area contributed by atoms with Gasteiger partial charge in [-0.15, -0.1) is 0 Å². The minimum atomic E-state index is -1.42. The van der Waals surface area contributed by atoms with Gasteiger partial charge in [0.25, 0.3) is 0 Å². The maximum absolute atomic E-state index is 12.5. The third-order valence-corrected chi connectivity index (χ3v) is 4.00. The molecule has 0 aliphatic heterocycles. The standard InChI is InChI=1S/C21H26O3/c1-15-10-6-8-12-17(15)21(23,14-19(22)24-20(3,4)5)18-13-9-7-11-16(18)2/h6-13,23H,14H2,1-5H3. The van der Waals surface area contributed by atoms with E-state index in [0.29, 0.717) is 0 Å². The molecule has 0 aliphatic rings. The molecule has 1 N–H and O–H groups in total. The fraction of sp³-hybridized carbons (Fsp3) is 0.381. The molecule has 24 heavy (non-hydrogen) atoms. The van der Waals surface area contributed by atoms with E-state index in [1.54, 1.807) is 0 Å². The lowest BCUT2D eigenvalue weighted by Gasteiger charge is -2.32. The number of carbonyl (C=O) groups excluding carboxylic acids is 1. The van der Waals surface area contributed by atoms with Crippen LogP contribution in [-0.2, 0) is 15.1 Å². The van der Waals surface area contributed by atoms with Crippen molar-refractivity contribution in [3.63, 3.8) is 0 Å². The van der Waals surface area contributed by atoms with Crippen molar-refractivity contribution in [2.45, 2.75) is 52.2 Å². The summed E-state index contributed by atoms with van der Waals surface area (Å²) in [7, 11) is 0. The van der Waals surface area contributed by atoms with Gasteiger partial charge in [0.1, 0.15) is 11.2 Å². The number of aliphatic hydroxyl groups is 1. The zero-order valence-electron chi connectivity index (χ0n) is 15.1. The Morgan fingerprint density at radius 2 is 1.33 bits per heavy atom. The topological polar surface area (TPSA) is 46.5 Å². The van der Waals surface area contributed by atoms with E-state index in [-0.39, 0.29) is 6.42 Å². The van der Waals surface area contributed by atoms with Gasteiger partial charge in [-0.2, -0.15) is 0 Å². The summed E-state index contributed by atoms with van der Waals surface area (Å²) in [5.74, 6) is -0.420. The molecule has 0 saturated carbocycles. The lowest BCUT2D eigenvalue weighted by molar-refractivity contribution is -0.159. The molecule has 0 spiro atoms. The highest BCUT2D eigenvalue weighted by atomic mass is 16.6. The summed E-state index contributed by atoms with van der Waals surface area (Å²) in [6, 6.07) is 15.2. The van der Waals surface area contributed by atoms with Gasteiger partial charge in [0, 0.05) is 0 Å². The molecule has 0 amide bonds. The van der Waals surface area contributed by atoms with Crippen LogP contribution in [0.1, 0.15) is 49.4 Å². The van der Waals surface area contributed by atoms with Crippen LogP contribution >= 0.6 is 0 Å². The first-order chi connectivity index (χ1) is 11.1. The van der Waals surface area contributed by atoms with Gasteiger partial charge in [0.15, 0.2) is 0 Å². The molecule has 0 radical (unpaired) electrons. The Labute approximate surface area is 144 Å². The van der Waals surface area contributed by atoms with Gasteiger partial charge in [-0.25, -0.2) is 0 Å². The Hall–Kier alpha value is -2.13. The third kappa shape index (κ3) is 4.04. The predicted molar refractivity (Wildman–Crippen MR) is 95.8 cm³/mol. The molecule has 0 fully saturated rings. The third-order valence-electron chi connectivity index (χ3n) is 4.00. The summed E-state index contributed by atoms with van der Waals surface area (Å²) >= 11 is 0. The lowest BCUT2D eigenvalue weighted by atomic mass is 9.79. The van der Waals surface area contributed by atoms with E-state index < -0.39 is 17.2 Å². The predicted octanol–water partition coefficient (Wildman–Crippen LogP) is 4.27. The number of ether oxygens (including phenoxy) is 1. The average molecular weight is 326 g/mol. The van der Waals surface area contributed by atoms with Gasteiger partial charge < -0.3 is 9.84 Å². The highest BCUT2D eigenvalue weighted by Gasteiger charge is 2.38. The number of esters is 1. The summed E-state index contributed by atoms with van der Waals surface area (Å²) in [4.78, 5) is 12.5. The number of rotatable bonds is 4. The molecule has 0 bridgehead atoms. The van der Waals surface area contributed by atoms with Crippen LogP contribution < -0.4 is 0 Å². The zero-order valence-corrected chi connectivity index (χ0v) is 15.1. The Morgan fingerprint density at radius 3 is 1.71 bits per heavy atom. The van der Waals surface area contributed by atoms with Crippen molar-refractivity contribution in [2.75, 3.05) is 0 Å². The minimum absolute atomic E-state index is 0.125. The van der Waals surface area contributed by atoms with Gasteiger partial charge in [-0.1, -0.05) is 48.5 Å². The van der Waals surface area contributed by atoms with Crippen LogP contribution in [0.5, 0.6) is 0 Å². The van der Waals surface area contributed by atoms with Crippen molar-refractivity contribution in [2.24, 2.45) is 0 Å². The Balaban J connectivity index is 2.53. The fourth-order valence-electron chi connectivity index (χ4n) is 3.00. The molecular formula is C21H26O3. The molecule has 0 aliphatic carbocycles. The van der Waals surface area contributed by atoms with E-state index in [9.17, 15) is 9.90 Å². The molecule has 2 aromatic rings. The number of hydrogen-bond donors (Lipinski definition) is 1. The second kappa shape index (κ2) is 6.78. The number of benzene rings is 2. The highest BCUT2D eigenvalue weighted by molar-refractivity contribution is 5.73. The lowest BCUT2D eigenvalue weighted by Crippen LogP contribution is -2.35. The zero-order chi connectivity index (χ0) is 18.0. The van der Waals surface area contributed by atoms with Gasteiger partial charge in [0.2, 0.25) is 0 Å². The first-order valence-corrected chi connectivity index (χ1v) is 8.20. The van der Waals surface area contributed by atoms with E-state index in [4.69, 9.17) is 4.74 Å². The first kappa shape index (κ1) is 18.2. The maximum atomic E-state index is 12.5. The normalized spacial score (nSPS) is 12.1. The minimum Gasteiger partial charge on any atom is -0.460 e. The van der Waals surface area contributed by atoms with Crippen molar-refractivity contribution in [3.05, 3.63) is 70.8 Å². The van der Waals surface area contributed by atoms with Crippen LogP contribution in [-0.4, -0.2) is 16.7 Å². The monoisotopic (exact) mass is 326 g/mol. The van der Waals surface area contributed by atoms with E-state index >= 15 is 0 Å². The highest BCUT2D eigenvalue weighted by Crippen LogP contribution is 2.37. The second-order valence-electron chi connectivity index (χ2n) is 7.25. The number of aryl methyl sites for hydroxylation is 2. The molecule has 2 rings (SSSR count). The van der Waals surface area contributed by atoms with Crippen LogP contribution in [0.2, 0.25) is 0 Å². The van der Waals surface area contributed by atoms with E-state index in [1.807, 2.05) is 83.1 Å². The molecule has 0 aromatic heterocycles. The van der Waals surface area contributed by atoms with Crippen LogP contribution in [0.25, 0.3) is 0 Å². The van der Waals surface area contributed by atoms with Crippen molar-refractivity contribution < 1.29 is 14.6 Å². The van der Waals surface area contributed by atoms with E-state index in [2.05, 4.69) is 0 Å².